The lowest BCUT2D eigenvalue weighted by Crippen LogP contribution is -2.21. The first kappa shape index (κ1) is 10.9. The number of aliphatic hydroxyl groups excluding tert-OH is 1. The second-order valence-corrected chi connectivity index (χ2v) is 3.95. The smallest absolute Gasteiger partial charge is 0.0726 e. The van der Waals surface area contributed by atoms with Crippen molar-refractivity contribution in [2.24, 2.45) is 0 Å². The molecule has 0 fully saturated rings. The van der Waals surface area contributed by atoms with E-state index in [4.69, 9.17) is 5.11 Å². The Kier molecular flexibility index (Phi) is 3.06. The lowest BCUT2D eigenvalue weighted by Gasteiger charge is -2.20. The van der Waals surface area contributed by atoms with Crippen LogP contribution in [0.2, 0.25) is 0 Å². The quantitative estimate of drug-likeness (QED) is 0.852. The Morgan fingerprint density at radius 2 is 2.06 bits per heavy atom. The third-order valence-electron chi connectivity index (χ3n) is 2.67. The van der Waals surface area contributed by atoms with Gasteiger partial charge in [0.15, 0.2) is 0 Å². The van der Waals surface area contributed by atoms with E-state index in [0.717, 1.165) is 22.3 Å². The molecule has 0 aliphatic heterocycles. The summed E-state index contributed by atoms with van der Waals surface area (Å²) in [5, 5.41) is 10.1. The predicted molar refractivity (Wildman–Crippen MR) is 66.8 cm³/mol. The monoisotopic (exact) mass is 216 g/mol. The summed E-state index contributed by atoms with van der Waals surface area (Å²) in [6, 6.07) is 10.1. The summed E-state index contributed by atoms with van der Waals surface area (Å²) in [6.07, 6.45) is 0. The number of aliphatic hydroxyl groups is 1. The third-order valence-corrected chi connectivity index (χ3v) is 2.67. The SMILES string of the molecule is Cc1cc(N(C)CCO)c2ccccc2n1. The van der Waals surface area contributed by atoms with E-state index in [1.54, 1.807) is 0 Å². The molecule has 0 aliphatic rings. The van der Waals surface area contributed by atoms with Gasteiger partial charge in [0.2, 0.25) is 0 Å². The van der Waals surface area contributed by atoms with E-state index in [1.807, 2.05) is 32.2 Å². The normalized spacial score (nSPS) is 10.7. The van der Waals surface area contributed by atoms with Crippen molar-refractivity contribution in [2.45, 2.75) is 6.92 Å². The molecule has 1 aromatic heterocycles. The van der Waals surface area contributed by atoms with Gasteiger partial charge in [0.25, 0.3) is 0 Å². The van der Waals surface area contributed by atoms with Crippen LogP contribution in [-0.2, 0) is 0 Å². The molecule has 0 radical (unpaired) electrons. The minimum Gasteiger partial charge on any atom is -0.395 e. The molecule has 0 atom stereocenters. The fraction of sp³-hybridized carbons (Fsp3) is 0.308. The zero-order valence-corrected chi connectivity index (χ0v) is 9.64. The first-order valence-electron chi connectivity index (χ1n) is 5.41. The van der Waals surface area contributed by atoms with Gasteiger partial charge >= 0.3 is 0 Å². The molecule has 0 saturated heterocycles. The fourth-order valence-electron chi connectivity index (χ4n) is 1.87. The molecule has 1 heterocycles. The van der Waals surface area contributed by atoms with Crippen molar-refractivity contribution in [1.29, 1.82) is 0 Å². The van der Waals surface area contributed by atoms with Gasteiger partial charge in [-0.2, -0.15) is 0 Å². The van der Waals surface area contributed by atoms with Crippen LogP contribution in [0.1, 0.15) is 5.69 Å². The summed E-state index contributed by atoms with van der Waals surface area (Å²) in [5.41, 5.74) is 3.12. The van der Waals surface area contributed by atoms with Gasteiger partial charge in [-0.3, -0.25) is 4.98 Å². The third kappa shape index (κ3) is 1.99. The van der Waals surface area contributed by atoms with Crippen LogP contribution in [0.25, 0.3) is 10.9 Å². The van der Waals surface area contributed by atoms with Crippen LogP contribution >= 0.6 is 0 Å². The Morgan fingerprint density at radius 1 is 1.31 bits per heavy atom. The van der Waals surface area contributed by atoms with Crippen LogP contribution in [0.5, 0.6) is 0 Å². The lowest BCUT2D eigenvalue weighted by molar-refractivity contribution is 0.304. The summed E-state index contributed by atoms with van der Waals surface area (Å²) in [4.78, 5) is 6.54. The van der Waals surface area contributed by atoms with Crippen molar-refractivity contribution in [1.82, 2.24) is 4.98 Å². The number of rotatable bonds is 3. The summed E-state index contributed by atoms with van der Waals surface area (Å²) in [7, 11) is 1.98. The highest BCUT2D eigenvalue weighted by Gasteiger charge is 2.07. The number of aryl methyl sites for hydroxylation is 1. The molecule has 16 heavy (non-hydrogen) atoms. The van der Waals surface area contributed by atoms with Crippen LogP contribution in [0.4, 0.5) is 5.69 Å². The van der Waals surface area contributed by atoms with Crippen molar-refractivity contribution in [3.05, 3.63) is 36.0 Å². The standard InChI is InChI=1S/C13H16N2O/c1-10-9-13(15(2)7-8-16)11-5-3-4-6-12(11)14-10/h3-6,9,16H,7-8H2,1-2H3. The molecule has 2 rings (SSSR count). The molecule has 0 spiro atoms. The molecule has 1 aromatic carbocycles. The van der Waals surface area contributed by atoms with Crippen LogP contribution in [0.15, 0.2) is 30.3 Å². The molecule has 2 aromatic rings. The molecule has 1 N–H and O–H groups in total. The van der Waals surface area contributed by atoms with E-state index in [-0.39, 0.29) is 6.61 Å². The summed E-state index contributed by atoms with van der Waals surface area (Å²) >= 11 is 0. The molecule has 0 amide bonds. The van der Waals surface area contributed by atoms with Crippen LogP contribution in [0, 0.1) is 6.92 Å². The number of benzene rings is 1. The van der Waals surface area contributed by atoms with Gasteiger partial charge in [-0.1, -0.05) is 18.2 Å². The highest BCUT2D eigenvalue weighted by molar-refractivity contribution is 5.91. The fourth-order valence-corrected chi connectivity index (χ4v) is 1.87. The average molecular weight is 216 g/mol. The summed E-state index contributed by atoms with van der Waals surface area (Å²) < 4.78 is 0. The second kappa shape index (κ2) is 4.49. The Morgan fingerprint density at radius 3 is 2.81 bits per heavy atom. The van der Waals surface area contributed by atoms with Gasteiger partial charge < -0.3 is 10.0 Å². The van der Waals surface area contributed by atoms with Crippen LogP contribution in [0.3, 0.4) is 0 Å². The topological polar surface area (TPSA) is 36.4 Å². The number of hydrogen-bond donors (Lipinski definition) is 1. The number of likely N-dealkylation sites (N-methyl/N-ethyl adjacent to an activating group) is 1. The van der Waals surface area contributed by atoms with Crippen molar-refractivity contribution in [3.8, 4) is 0 Å². The van der Waals surface area contributed by atoms with Crippen molar-refractivity contribution >= 4 is 16.6 Å². The lowest BCUT2D eigenvalue weighted by atomic mass is 10.1. The van der Waals surface area contributed by atoms with E-state index in [2.05, 4.69) is 22.0 Å². The number of anilines is 1. The van der Waals surface area contributed by atoms with E-state index < -0.39 is 0 Å². The van der Waals surface area contributed by atoms with Gasteiger partial charge in [0.1, 0.15) is 0 Å². The number of fused-ring (bicyclic) bond motifs is 1. The average Bonchev–Trinajstić information content (AvgIpc) is 2.28. The van der Waals surface area contributed by atoms with Crippen molar-refractivity contribution < 1.29 is 5.11 Å². The number of aromatic nitrogens is 1. The largest absolute Gasteiger partial charge is 0.395 e. The van der Waals surface area contributed by atoms with E-state index in [9.17, 15) is 0 Å². The number of hydrogen-bond acceptors (Lipinski definition) is 3. The molecule has 3 heteroatoms. The maximum Gasteiger partial charge on any atom is 0.0726 e. The maximum atomic E-state index is 8.98. The molecule has 0 saturated carbocycles. The van der Waals surface area contributed by atoms with Crippen molar-refractivity contribution in [3.63, 3.8) is 0 Å². The molecular formula is C13H16N2O. The number of nitrogens with zero attached hydrogens (tertiary/aromatic N) is 2. The first-order chi connectivity index (χ1) is 7.72. The van der Waals surface area contributed by atoms with E-state index >= 15 is 0 Å². The van der Waals surface area contributed by atoms with Gasteiger partial charge in [0.05, 0.1) is 12.1 Å². The van der Waals surface area contributed by atoms with E-state index in [1.165, 1.54) is 0 Å². The Balaban J connectivity index is 2.58. The van der Waals surface area contributed by atoms with Gasteiger partial charge in [-0.15, -0.1) is 0 Å². The van der Waals surface area contributed by atoms with Gasteiger partial charge in [0, 0.05) is 30.4 Å². The number of para-hydroxylation sites is 1. The summed E-state index contributed by atoms with van der Waals surface area (Å²) in [6.45, 7) is 2.78. The Hall–Kier alpha value is -1.61. The molecule has 3 nitrogen and oxygen atoms in total. The molecule has 0 bridgehead atoms. The highest BCUT2D eigenvalue weighted by Crippen LogP contribution is 2.25. The van der Waals surface area contributed by atoms with Crippen LogP contribution < -0.4 is 4.90 Å². The zero-order valence-electron chi connectivity index (χ0n) is 9.64. The predicted octanol–water partition coefficient (Wildman–Crippen LogP) is 1.97. The highest BCUT2D eigenvalue weighted by atomic mass is 16.3. The minimum absolute atomic E-state index is 0.159. The molecule has 0 aliphatic carbocycles. The Labute approximate surface area is 95.3 Å². The first-order valence-corrected chi connectivity index (χ1v) is 5.41. The van der Waals surface area contributed by atoms with Gasteiger partial charge in [-0.25, -0.2) is 0 Å². The second-order valence-electron chi connectivity index (χ2n) is 3.95. The van der Waals surface area contributed by atoms with Crippen molar-refractivity contribution in [2.75, 3.05) is 25.1 Å². The minimum atomic E-state index is 0.159. The Bertz CT molecular complexity index is 496. The maximum absolute atomic E-state index is 8.98. The molecule has 84 valence electrons. The molecule has 0 unspecified atom stereocenters. The molecular weight excluding hydrogens is 200 g/mol. The van der Waals surface area contributed by atoms with Crippen LogP contribution in [-0.4, -0.2) is 30.3 Å². The van der Waals surface area contributed by atoms with Gasteiger partial charge in [-0.05, 0) is 19.1 Å². The number of pyridine rings is 1. The zero-order chi connectivity index (χ0) is 11.5. The van der Waals surface area contributed by atoms with E-state index in [0.29, 0.717) is 6.54 Å². The summed E-state index contributed by atoms with van der Waals surface area (Å²) in [5.74, 6) is 0.